The number of hydrogen-bond donors (Lipinski definition) is 0. The molecule has 0 aromatic rings. The van der Waals surface area contributed by atoms with Crippen molar-refractivity contribution in [2.45, 2.75) is 6.10 Å². The second-order valence-corrected chi connectivity index (χ2v) is 6.23. The van der Waals surface area contributed by atoms with E-state index in [4.69, 9.17) is 6.42 Å². The van der Waals surface area contributed by atoms with E-state index in [9.17, 15) is 16.8 Å². The van der Waals surface area contributed by atoms with Crippen LogP contribution in [0.5, 0.6) is 0 Å². The molecule has 0 aromatic carbocycles. The Labute approximate surface area is 82.8 Å². The van der Waals surface area contributed by atoms with Gasteiger partial charge >= 0.3 is 0 Å². The summed E-state index contributed by atoms with van der Waals surface area (Å²) >= 11 is 0. The normalized spacial score (nSPS) is 24.6. The van der Waals surface area contributed by atoms with Crippen LogP contribution in [0.25, 0.3) is 0 Å². The zero-order chi connectivity index (χ0) is 10.8. The molecule has 0 spiro atoms. The highest BCUT2D eigenvalue weighted by molar-refractivity contribution is 7.94. The van der Waals surface area contributed by atoms with Crippen LogP contribution in [0.4, 0.5) is 0 Å². The number of sulfone groups is 1. The Morgan fingerprint density at radius 3 is 2.64 bits per heavy atom. The molecule has 0 aliphatic carbocycles. The molecule has 0 bridgehead atoms. The van der Waals surface area contributed by atoms with E-state index in [2.05, 4.69) is 4.18 Å². The lowest BCUT2D eigenvalue weighted by molar-refractivity contribution is 0.281. The van der Waals surface area contributed by atoms with Crippen molar-refractivity contribution in [2.75, 3.05) is 11.5 Å². The summed E-state index contributed by atoms with van der Waals surface area (Å²) in [4.78, 5) is 0. The molecule has 0 aromatic heterocycles. The lowest BCUT2D eigenvalue weighted by Crippen LogP contribution is -2.21. The Morgan fingerprint density at radius 1 is 1.57 bits per heavy atom. The largest absolute Gasteiger partial charge is 0.279 e. The molecule has 0 saturated carbocycles. The lowest BCUT2D eigenvalue weighted by atomic mass is 10.4. The Hall–Kier alpha value is -0.840. The van der Waals surface area contributed by atoms with Gasteiger partial charge in [0, 0.05) is 5.41 Å². The number of rotatable bonds is 3. The molecule has 1 aliphatic heterocycles. The van der Waals surface area contributed by atoms with Crippen LogP contribution in [0.2, 0.25) is 0 Å². The van der Waals surface area contributed by atoms with Crippen molar-refractivity contribution in [3.8, 4) is 12.3 Å². The highest BCUT2D eigenvalue weighted by Gasteiger charge is 2.26. The summed E-state index contributed by atoms with van der Waals surface area (Å²) in [5.74, 6) is 1.01. The van der Waals surface area contributed by atoms with Gasteiger partial charge in [-0.1, -0.05) is 5.92 Å². The molecule has 1 rings (SSSR count). The quantitative estimate of drug-likeness (QED) is 0.477. The molecule has 0 amide bonds. The van der Waals surface area contributed by atoms with Crippen LogP contribution in [-0.2, 0) is 24.1 Å². The summed E-state index contributed by atoms with van der Waals surface area (Å²) < 4.78 is 48.3. The molecule has 7 heteroatoms. The van der Waals surface area contributed by atoms with E-state index in [0.717, 1.165) is 5.41 Å². The first-order chi connectivity index (χ1) is 6.35. The van der Waals surface area contributed by atoms with Crippen molar-refractivity contribution in [1.29, 1.82) is 0 Å². The van der Waals surface area contributed by atoms with Crippen molar-refractivity contribution in [1.82, 2.24) is 0 Å². The monoisotopic (exact) mass is 236 g/mol. The molecule has 1 atom stereocenters. The SMILES string of the molecule is C#CCS(=O)(=O)OC1C=CS(=O)(=O)C1. The summed E-state index contributed by atoms with van der Waals surface area (Å²) in [6, 6.07) is 0. The van der Waals surface area contributed by atoms with Gasteiger partial charge in [0.05, 0.1) is 5.75 Å². The molecule has 14 heavy (non-hydrogen) atoms. The summed E-state index contributed by atoms with van der Waals surface area (Å²) in [5, 5.41) is 0.934. The van der Waals surface area contributed by atoms with Crippen molar-refractivity contribution in [3.63, 3.8) is 0 Å². The molecular weight excluding hydrogens is 228 g/mol. The van der Waals surface area contributed by atoms with Gasteiger partial charge in [-0.3, -0.25) is 4.18 Å². The maximum absolute atomic E-state index is 11.0. The molecule has 1 unspecified atom stereocenters. The molecule has 0 N–H and O–H groups in total. The first-order valence-corrected chi connectivity index (χ1v) is 6.89. The molecular formula is C7H8O5S2. The average molecular weight is 236 g/mol. The van der Waals surface area contributed by atoms with Crippen LogP contribution in [0.15, 0.2) is 11.5 Å². The van der Waals surface area contributed by atoms with Gasteiger partial charge in [-0.2, -0.15) is 8.42 Å². The van der Waals surface area contributed by atoms with Gasteiger partial charge in [-0.15, -0.1) is 6.42 Å². The van der Waals surface area contributed by atoms with E-state index >= 15 is 0 Å². The predicted molar refractivity (Wildman–Crippen MR) is 50.4 cm³/mol. The van der Waals surface area contributed by atoms with Crippen molar-refractivity contribution < 1.29 is 21.0 Å². The Bertz CT molecular complexity index is 477. The fraction of sp³-hybridized carbons (Fsp3) is 0.429. The van der Waals surface area contributed by atoms with E-state index in [1.165, 1.54) is 6.08 Å². The van der Waals surface area contributed by atoms with Gasteiger partial charge in [0.2, 0.25) is 0 Å². The van der Waals surface area contributed by atoms with Crippen molar-refractivity contribution in [3.05, 3.63) is 11.5 Å². The Balaban J connectivity index is 2.67. The summed E-state index contributed by atoms with van der Waals surface area (Å²) in [7, 11) is -7.12. The predicted octanol–water partition coefficient (Wildman–Crippen LogP) is -0.723. The molecule has 5 nitrogen and oxygen atoms in total. The average Bonchev–Trinajstić information content (AvgIpc) is 2.28. The minimum absolute atomic E-state index is 0.350. The second kappa shape index (κ2) is 3.73. The maximum Gasteiger partial charge on any atom is 0.279 e. The molecule has 0 saturated heterocycles. The van der Waals surface area contributed by atoms with Gasteiger partial charge in [-0.25, -0.2) is 8.42 Å². The fourth-order valence-corrected chi connectivity index (χ4v) is 2.96. The van der Waals surface area contributed by atoms with Gasteiger partial charge in [-0.05, 0) is 6.08 Å². The zero-order valence-electron chi connectivity index (χ0n) is 7.08. The van der Waals surface area contributed by atoms with Gasteiger partial charge in [0.25, 0.3) is 10.1 Å². The topological polar surface area (TPSA) is 77.5 Å². The highest BCUT2D eigenvalue weighted by atomic mass is 32.2. The number of terminal acetylenes is 1. The van der Waals surface area contributed by atoms with Crippen molar-refractivity contribution >= 4 is 20.0 Å². The second-order valence-electron chi connectivity index (χ2n) is 2.70. The zero-order valence-corrected chi connectivity index (χ0v) is 8.71. The van der Waals surface area contributed by atoms with Gasteiger partial charge in [0.1, 0.15) is 11.9 Å². The molecule has 78 valence electrons. The van der Waals surface area contributed by atoms with Crippen LogP contribution in [0.3, 0.4) is 0 Å². The van der Waals surface area contributed by atoms with E-state index in [1.54, 1.807) is 0 Å². The van der Waals surface area contributed by atoms with Gasteiger partial charge < -0.3 is 0 Å². The van der Waals surface area contributed by atoms with E-state index in [1.807, 2.05) is 5.92 Å². The Kier molecular flexibility index (Phi) is 2.99. The maximum atomic E-state index is 11.0. The van der Waals surface area contributed by atoms with E-state index in [0.29, 0.717) is 0 Å². The first-order valence-electron chi connectivity index (χ1n) is 3.60. The van der Waals surface area contributed by atoms with Crippen LogP contribution in [0.1, 0.15) is 0 Å². The van der Waals surface area contributed by atoms with Crippen molar-refractivity contribution in [2.24, 2.45) is 0 Å². The summed E-state index contributed by atoms with van der Waals surface area (Å²) in [6.07, 6.45) is 5.03. The van der Waals surface area contributed by atoms with Crippen LogP contribution >= 0.6 is 0 Å². The molecule has 1 heterocycles. The van der Waals surface area contributed by atoms with E-state index < -0.39 is 31.8 Å². The van der Waals surface area contributed by atoms with Crippen LogP contribution in [0, 0.1) is 12.3 Å². The van der Waals surface area contributed by atoms with Crippen LogP contribution in [-0.4, -0.2) is 34.4 Å². The first kappa shape index (κ1) is 11.2. The minimum atomic E-state index is -3.82. The molecule has 0 radical (unpaired) electrons. The lowest BCUT2D eigenvalue weighted by Gasteiger charge is -2.06. The van der Waals surface area contributed by atoms with Crippen LogP contribution < -0.4 is 0 Å². The third kappa shape index (κ3) is 3.14. The summed E-state index contributed by atoms with van der Waals surface area (Å²) in [5.41, 5.74) is 0. The molecule has 0 fully saturated rings. The number of hydrogen-bond acceptors (Lipinski definition) is 5. The Morgan fingerprint density at radius 2 is 2.21 bits per heavy atom. The van der Waals surface area contributed by atoms with E-state index in [-0.39, 0.29) is 5.75 Å². The third-order valence-corrected chi connectivity index (χ3v) is 3.85. The highest BCUT2D eigenvalue weighted by Crippen LogP contribution is 2.13. The standard InChI is InChI=1S/C7H8O5S2/c1-2-4-14(10,11)12-7-3-5-13(8,9)6-7/h1,3,5,7H,4,6H2. The van der Waals surface area contributed by atoms with Gasteiger partial charge in [0.15, 0.2) is 9.84 Å². The minimum Gasteiger partial charge on any atom is -0.261 e. The fourth-order valence-electron chi connectivity index (χ4n) is 0.932. The third-order valence-electron chi connectivity index (χ3n) is 1.43. The smallest absolute Gasteiger partial charge is 0.261 e. The summed E-state index contributed by atoms with van der Waals surface area (Å²) in [6.45, 7) is 0. The molecule has 1 aliphatic rings.